The summed E-state index contributed by atoms with van der Waals surface area (Å²) in [5, 5.41) is 2.00. The van der Waals surface area contributed by atoms with Crippen molar-refractivity contribution in [1.29, 1.82) is 0 Å². The van der Waals surface area contributed by atoms with Gasteiger partial charge in [-0.3, -0.25) is 9.78 Å². The van der Waals surface area contributed by atoms with Crippen molar-refractivity contribution in [3.05, 3.63) is 53.0 Å². The Morgan fingerprint density at radius 1 is 1.40 bits per heavy atom. The highest BCUT2D eigenvalue weighted by atomic mass is 32.1. The third-order valence-electron chi connectivity index (χ3n) is 4.59. The molecule has 2 aromatic rings. The van der Waals surface area contributed by atoms with Crippen molar-refractivity contribution in [2.45, 2.75) is 24.5 Å². The third kappa shape index (κ3) is 3.75. The summed E-state index contributed by atoms with van der Waals surface area (Å²) in [4.78, 5) is 19.3. The predicted molar refractivity (Wildman–Crippen MR) is 96.5 cm³/mol. The number of aromatic nitrogens is 1. The van der Waals surface area contributed by atoms with Gasteiger partial charge in [-0.25, -0.2) is 0 Å². The molecular formula is C19H20N2O3S. The second-order valence-electron chi connectivity index (χ2n) is 6.50. The van der Waals surface area contributed by atoms with Crippen LogP contribution in [0.3, 0.4) is 0 Å². The van der Waals surface area contributed by atoms with E-state index in [0.717, 1.165) is 23.5 Å². The number of rotatable bonds is 4. The minimum atomic E-state index is -0.252. The second kappa shape index (κ2) is 6.98. The highest BCUT2D eigenvalue weighted by molar-refractivity contribution is 7.10. The average molecular weight is 356 g/mol. The Hall–Kier alpha value is -2.18. The number of pyridine rings is 1. The first-order valence-corrected chi connectivity index (χ1v) is 9.32. The second-order valence-corrected chi connectivity index (χ2v) is 7.48. The predicted octanol–water partition coefficient (Wildman–Crippen LogP) is 3.00. The summed E-state index contributed by atoms with van der Waals surface area (Å²) < 4.78 is 12.0. The molecule has 0 saturated carbocycles. The van der Waals surface area contributed by atoms with Gasteiger partial charge in [-0.1, -0.05) is 6.07 Å². The van der Waals surface area contributed by atoms with Crippen LogP contribution in [-0.4, -0.2) is 47.2 Å². The van der Waals surface area contributed by atoms with Crippen LogP contribution in [0.25, 0.3) is 6.08 Å². The Kier molecular flexibility index (Phi) is 4.55. The minimum absolute atomic E-state index is 0.0397. The molecule has 0 N–H and O–H groups in total. The molecule has 0 aliphatic carbocycles. The Morgan fingerprint density at radius 2 is 2.32 bits per heavy atom. The fourth-order valence-corrected chi connectivity index (χ4v) is 3.98. The Bertz CT molecular complexity index is 739. The number of ether oxygens (including phenoxy) is 2. The van der Waals surface area contributed by atoms with Gasteiger partial charge in [0.15, 0.2) is 0 Å². The van der Waals surface area contributed by atoms with Crippen LogP contribution in [0.15, 0.2) is 48.1 Å². The lowest BCUT2D eigenvalue weighted by atomic mass is 9.84. The topological polar surface area (TPSA) is 51.7 Å². The molecule has 2 fully saturated rings. The fourth-order valence-electron chi connectivity index (χ4n) is 3.36. The number of amides is 1. The van der Waals surface area contributed by atoms with E-state index in [1.54, 1.807) is 29.8 Å². The van der Waals surface area contributed by atoms with Crippen LogP contribution in [0, 0.1) is 0 Å². The number of carbonyl (C=O) groups is 1. The smallest absolute Gasteiger partial charge is 0.246 e. The molecule has 2 aromatic heterocycles. The SMILES string of the molecule is O=C(/C=C/c1cccs1)N1CC2(CC(Oc3cccnc3)CCO2)C1. The number of hydrogen-bond acceptors (Lipinski definition) is 5. The quantitative estimate of drug-likeness (QED) is 0.791. The van der Waals surface area contributed by atoms with Crippen molar-refractivity contribution in [2.75, 3.05) is 19.7 Å². The summed E-state index contributed by atoms with van der Waals surface area (Å²) in [6.45, 7) is 1.93. The molecule has 4 rings (SSSR count). The molecule has 1 unspecified atom stereocenters. The number of carbonyl (C=O) groups excluding carboxylic acids is 1. The van der Waals surface area contributed by atoms with Crippen LogP contribution in [0.1, 0.15) is 17.7 Å². The van der Waals surface area contributed by atoms with E-state index in [9.17, 15) is 4.79 Å². The Balaban J connectivity index is 1.31. The first kappa shape index (κ1) is 16.3. The monoisotopic (exact) mass is 356 g/mol. The van der Waals surface area contributed by atoms with Crippen molar-refractivity contribution in [3.8, 4) is 5.75 Å². The van der Waals surface area contributed by atoms with Crippen molar-refractivity contribution in [1.82, 2.24) is 9.88 Å². The van der Waals surface area contributed by atoms with Gasteiger partial charge in [-0.15, -0.1) is 11.3 Å². The molecule has 6 heteroatoms. The standard InChI is InChI=1S/C19H20N2O3S/c22-18(6-5-17-4-2-10-25-17)21-13-19(14-21)11-15(7-9-23-19)24-16-3-1-8-20-12-16/h1-6,8,10,12,15H,7,9,11,13-14H2/b6-5+. The van der Waals surface area contributed by atoms with Gasteiger partial charge in [0.1, 0.15) is 17.5 Å². The highest BCUT2D eigenvalue weighted by Crippen LogP contribution is 2.35. The lowest BCUT2D eigenvalue weighted by Gasteiger charge is -2.52. The summed E-state index contributed by atoms with van der Waals surface area (Å²) in [5.41, 5.74) is -0.252. The Morgan fingerprint density at radius 3 is 3.08 bits per heavy atom. The van der Waals surface area contributed by atoms with Gasteiger partial charge in [0.2, 0.25) is 5.91 Å². The molecule has 4 heterocycles. The van der Waals surface area contributed by atoms with E-state index in [4.69, 9.17) is 9.47 Å². The largest absolute Gasteiger partial charge is 0.489 e. The normalized spacial score (nSPS) is 22.1. The van der Waals surface area contributed by atoms with Gasteiger partial charge in [0, 0.05) is 30.0 Å². The molecule has 25 heavy (non-hydrogen) atoms. The minimum Gasteiger partial charge on any atom is -0.489 e. The number of thiophene rings is 1. The molecule has 0 radical (unpaired) electrons. The molecule has 5 nitrogen and oxygen atoms in total. The highest BCUT2D eigenvalue weighted by Gasteiger charge is 2.49. The first-order valence-electron chi connectivity index (χ1n) is 8.44. The van der Waals surface area contributed by atoms with Crippen LogP contribution in [0.5, 0.6) is 5.75 Å². The van der Waals surface area contributed by atoms with Crippen LogP contribution >= 0.6 is 11.3 Å². The Labute approximate surface area is 150 Å². The van der Waals surface area contributed by atoms with E-state index in [0.29, 0.717) is 19.7 Å². The van der Waals surface area contributed by atoms with Gasteiger partial charge in [-0.2, -0.15) is 0 Å². The molecule has 0 bridgehead atoms. The van der Waals surface area contributed by atoms with Crippen LogP contribution in [0.4, 0.5) is 0 Å². The molecule has 1 atom stereocenters. The lowest BCUT2D eigenvalue weighted by molar-refractivity contribution is -0.190. The van der Waals surface area contributed by atoms with E-state index in [-0.39, 0.29) is 17.6 Å². The van der Waals surface area contributed by atoms with Gasteiger partial charge in [0.05, 0.1) is 25.9 Å². The molecule has 130 valence electrons. The molecule has 1 amide bonds. The number of nitrogens with zero attached hydrogens (tertiary/aromatic N) is 2. The molecule has 2 aliphatic heterocycles. The maximum atomic E-state index is 12.3. The van der Waals surface area contributed by atoms with Crippen molar-refractivity contribution in [3.63, 3.8) is 0 Å². The van der Waals surface area contributed by atoms with Gasteiger partial charge >= 0.3 is 0 Å². The van der Waals surface area contributed by atoms with Crippen molar-refractivity contribution in [2.24, 2.45) is 0 Å². The van der Waals surface area contributed by atoms with Crippen LogP contribution in [-0.2, 0) is 9.53 Å². The molecule has 2 saturated heterocycles. The maximum absolute atomic E-state index is 12.3. The summed E-state index contributed by atoms with van der Waals surface area (Å²) in [6, 6.07) is 7.76. The van der Waals surface area contributed by atoms with Gasteiger partial charge < -0.3 is 14.4 Å². The van der Waals surface area contributed by atoms with Gasteiger partial charge in [0.25, 0.3) is 0 Å². The third-order valence-corrected chi connectivity index (χ3v) is 5.43. The number of likely N-dealkylation sites (tertiary alicyclic amines) is 1. The average Bonchev–Trinajstić information content (AvgIpc) is 3.12. The van der Waals surface area contributed by atoms with Gasteiger partial charge in [-0.05, 0) is 29.7 Å². The molecule has 2 aliphatic rings. The zero-order valence-corrected chi connectivity index (χ0v) is 14.7. The van der Waals surface area contributed by atoms with E-state index in [1.807, 2.05) is 40.6 Å². The van der Waals surface area contributed by atoms with E-state index >= 15 is 0 Å². The van der Waals surface area contributed by atoms with Crippen molar-refractivity contribution >= 4 is 23.3 Å². The van der Waals surface area contributed by atoms with Crippen molar-refractivity contribution < 1.29 is 14.3 Å². The van der Waals surface area contributed by atoms with Crippen LogP contribution in [0.2, 0.25) is 0 Å². The summed E-state index contributed by atoms with van der Waals surface area (Å²) >= 11 is 1.62. The number of hydrogen-bond donors (Lipinski definition) is 0. The molecule has 0 aromatic carbocycles. The molecule has 1 spiro atoms. The zero-order chi connectivity index (χ0) is 17.1. The fraction of sp³-hybridized carbons (Fsp3) is 0.368. The van der Waals surface area contributed by atoms with E-state index < -0.39 is 0 Å². The maximum Gasteiger partial charge on any atom is 0.246 e. The van der Waals surface area contributed by atoms with Crippen LogP contribution < -0.4 is 4.74 Å². The first-order chi connectivity index (χ1) is 12.2. The summed E-state index contributed by atoms with van der Waals surface area (Å²) in [6.07, 6.45) is 8.75. The summed E-state index contributed by atoms with van der Waals surface area (Å²) in [5.74, 6) is 0.827. The van der Waals surface area contributed by atoms with E-state index in [1.165, 1.54) is 0 Å². The summed E-state index contributed by atoms with van der Waals surface area (Å²) in [7, 11) is 0. The lowest BCUT2D eigenvalue weighted by Crippen LogP contribution is -2.67. The van der Waals surface area contributed by atoms with E-state index in [2.05, 4.69) is 4.98 Å². The zero-order valence-electron chi connectivity index (χ0n) is 13.8. The molecular weight excluding hydrogens is 336 g/mol.